The van der Waals surface area contributed by atoms with Crippen molar-refractivity contribution in [2.75, 3.05) is 25.1 Å². The predicted octanol–water partition coefficient (Wildman–Crippen LogP) is 13.1. The monoisotopic (exact) mass is 897 g/mol. The van der Waals surface area contributed by atoms with Crippen LogP contribution in [0.1, 0.15) is 159 Å². The second kappa shape index (κ2) is 26.4. The molecule has 0 aliphatic carbocycles. The van der Waals surface area contributed by atoms with E-state index in [1.165, 1.54) is 83.3 Å². The number of para-hydroxylation sites is 2. The summed E-state index contributed by atoms with van der Waals surface area (Å²) >= 11 is 0. The number of esters is 1. The van der Waals surface area contributed by atoms with Crippen molar-refractivity contribution >= 4 is 35.0 Å². The molecule has 66 heavy (non-hydrogen) atoms. The van der Waals surface area contributed by atoms with Gasteiger partial charge >= 0.3 is 17.9 Å². The van der Waals surface area contributed by atoms with Gasteiger partial charge in [0, 0.05) is 41.1 Å². The Balaban J connectivity index is 1.62. The third kappa shape index (κ3) is 13.4. The number of aliphatic carboxylic acids is 2. The van der Waals surface area contributed by atoms with Crippen molar-refractivity contribution in [1.29, 1.82) is 5.26 Å². The number of anilines is 1. The normalized spacial score (nSPS) is 18.5. The first-order valence-corrected chi connectivity index (χ1v) is 24.8. The number of methoxy groups -OCH3 is 1. The Bertz CT molecular complexity index is 2230. The van der Waals surface area contributed by atoms with Crippen molar-refractivity contribution < 1.29 is 33.9 Å². The van der Waals surface area contributed by atoms with Crippen LogP contribution >= 0.6 is 0 Å². The fourth-order valence-electron chi connectivity index (χ4n) is 10.4. The summed E-state index contributed by atoms with van der Waals surface area (Å²) in [4.78, 5) is 39.9. The number of carbonyl (C=O) groups is 3. The van der Waals surface area contributed by atoms with E-state index in [4.69, 9.17) is 4.74 Å². The highest BCUT2D eigenvalue weighted by Crippen LogP contribution is 2.54. The molecule has 9 nitrogen and oxygen atoms in total. The van der Waals surface area contributed by atoms with Crippen molar-refractivity contribution in [3.8, 4) is 6.07 Å². The highest BCUT2D eigenvalue weighted by atomic mass is 16.5. The van der Waals surface area contributed by atoms with E-state index in [0.29, 0.717) is 24.3 Å². The molecule has 352 valence electrons. The molecule has 0 fully saturated rings. The lowest BCUT2D eigenvalue weighted by Gasteiger charge is -2.34. The first kappa shape index (κ1) is 51.2. The van der Waals surface area contributed by atoms with Crippen LogP contribution in [0.2, 0.25) is 0 Å². The van der Waals surface area contributed by atoms with Crippen LogP contribution in [0.15, 0.2) is 114 Å². The van der Waals surface area contributed by atoms with Gasteiger partial charge in [0.1, 0.15) is 11.8 Å². The lowest BCUT2D eigenvalue weighted by Crippen LogP contribution is -2.39. The minimum atomic E-state index is -0.939. The van der Waals surface area contributed by atoms with Gasteiger partial charge in [0.15, 0.2) is 12.3 Å². The molecule has 3 aromatic rings. The van der Waals surface area contributed by atoms with Crippen LogP contribution in [-0.4, -0.2) is 58.6 Å². The van der Waals surface area contributed by atoms with Crippen molar-refractivity contribution in [3.63, 3.8) is 0 Å². The largest absolute Gasteiger partial charge is 0.481 e. The average molecular weight is 897 g/mol. The molecule has 2 unspecified atom stereocenters. The maximum absolute atomic E-state index is 13.4. The Labute approximate surface area is 394 Å². The summed E-state index contributed by atoms with van der Waals surface area (Å²) in [5, 5.41) is 30.7. The number of ether oxygens (including phenoxy) is 1. The molecule has 0 aromatic heterocycles. The van der Waals surface area contributed by atoms with Crippen molar-refractivity contribution in [2.45, 2.75) is 160 Å². The summed E-state index contributed by atoms with van der Waals surface area (Å²) in [6, 6.07) is 28.7. The first-order chi connectivity index (χ1) is 32.1. The van der Waals surface area contributed by atoms with Gasteiger partial charge in [-0.05, 0) is 54.7 Å². The molecular formula is C57H74N3O6+. The Morgan fingerprint density at radius 2 is 1.27 bits per heavy atom. The molecule has 0 radical (unpaired) electrons. The van der Waals surface area contributed by atoms with E-state index >= 15 is 0 Å². The maximum atomic E-state index is 13.4. The van der Waals surface area contributed by atoms with Crippen molar-refractivity contribution in [1.82, 2.24) is 0 Å². The van der Waals surface area contributed by atoms with E-state index < -0.39 is 23.3 Å². The highest BCUT2D eigenvalue weighted by molar-refractivity contribution is 6.06. The highest BCUT2D eigenvalue weighted by Gasteiger charge is 2.53. The van der Waals surface area contributed by atoms with Gasteiger partial charge < -0.3 is 19.8 Å². The number of allylic oxidation sites excluding steroid dienone is 6. The van der Waals surface area contributed by atoms with E-state index in [2.05, 4.69) is 49.1 Å². The molecule has 2 aliphatic rings. The van der Waals surface area contributed by atoms with E-state index in [0.717, 1.165) is 66.7 Å². The fraction of sp³-hybridized carbons (Fsp3) is 0.491. The summed E-state index contributed by atoms with van der Waals surface area (Å²) in [6.45, 7) is 4.96. The number of hydrogen-bond acceptors (Lipinski definition) is 6. The van der Waals surface area contributed by atoms with Gasteiger partial charge in [-0.2, -0.15) is 9.84 Å². The number of hydrogen-bond donors (Lipinski definition) is 2. The van der Waals surface area contributed by atoms with Crippen molar-refractivity contribution in [2.24, 2.45) is 0 Å². The Hall–Kier alpha value is -5.75. The third-order valence-corrected chi connectivity index (χ3v) is 13.7. The van der Waals surface area contributed by atoms with Crippen LogP contribution in [0.3, 0.4) is 0 Å². The van der Waals surface area contributed by atoms with E-state index in [9.17, 15) is 29.9 Å². The summed E-state index contributed by atoms with van der Waals surface area (Å²) in [5.74, 6) is -2.20. The molecule has 0 amide bonds. The lowest BCUT2D eigenvalue weighted by molar-refractivity contribution is -0.436. The van der Waals surface area contributed by atoms with Crippen LogP contribution in [0.5, 0.6) is 0 Å². The van der Waals surface area contributed by atoms with Gasteiger partial charge in [-0.15, -0.1) is 0 Å². The molecule has 0 saturated heterocycles. The number of carboxylic acid groups (broad SMARTS) is 2. The number of carboxylic acids is 2. The quantitative estimate of drug-likeness (QED) is 0.0222. The van der Waals surface area contributed by atoms with Crippen LogP contribution in [0, 0.1) is 11.3 Å². The van der Waals surface area contributed by atoms with E-state index in [-0.39, 0.29) is 31.2 Å². The van der Waals surface area contributed by atoms with Gasteiger partial charge in [-0.3, -0.25) is 14.4 Å². The second-order valence-corrected chi connectivity index (χ2v) is 18.3. The fourth-order valence-corrected chi connectivity index (χ4v) is 10.4. The second-order valence-electron chi connectivity index (χ2n) is 18.3. The topological polar surface area (TPSA) is 131 Å². The van der Waals surface area contributed by atoms with Crippen LogP contribution in [-0.2, 0) is 36.4 Å². The number of fused-ring (bicyclic) bond motifs is 2. The van der Waals surface area contributed by atoms with Crippen molar-refractivity contribution in [3.05, 3.63) is 131 Å². The first-order valence-electron chi connectivity index (χ1n) is 24.8. The molecule has 9 heteroatoms. The van der Waals surface area contributed by atoms with Crippen LogP contribution in [0.4, 0.5) is 11.4 Å². The lowest BCUT2D eigenvalue weighted by atomic mass is 9.70. The molecule has 5 rings (SSSR count). The number of rotatable bonds is 30. The van der Waals surface area contributed by atoms with E-state index in [1.807, 2.05) is 77.4 Å². The molecule has 3 aromatic carbocycles. The molecule has 0 saturated carbocycles. The third-order valence-electron chi connectivity index (χ3n) is 13.7. The molecule has 2 aliphatic heterocycles. The molecule has 0 spiro atoms. The van der Waals surface area contributed by atoms with Gasteiger partial charge in [0.2, 0.25) is 5.69 Å². The Kier molecular flexibility index (Phi) is 20.5. The number of nitriles is 1. The van der Waals surface area contributed by atoms with Crippen LogP contribution < -0.4 is 4.90 Å². The van der Waals surface area contributed by atoms with Gasteiger partial charge in [0.05, 0.1) is 31.6 Å². The number of nitrogens with zero attached hydrogens (tertiary/aromatic N) is 3. The standard InChI is InChI=1S/C57H73N3O6/c1-4-6-8-10-12-14-16-25-39-56(38-24-15-13-11-9-7-5-2)47-28-20-22-30-49(47)59(40-36-53(61)62)51(56)34-32-46(44-58)33-35-52-57(43-55(65)66-3,42-45-26-18-17-19-27-45)48-29-21-23-31-50(48)60(52)41-37-54(63)64/h17-23,26-35H,4-16,24-25,36-43H2,1-3H3,(H-,61,62,63,64)/p+1. The predicted molar refractivity (Wildman–Crippen MR) is 265 cm³/mol. The summed E-state index contributed by atoms with van der Waals surface area (Å²) < 4.78 is 7.30. The van der Waals surface area contributed by atoms with Gasteiger partial charge in [0.25, 0.3) is 0 Å². The summed E-state index contributed by atoms with van der Waals surface area (Å²) in [7, 11) is 1.38. The molecule has 2 heterocycles. The zero-order valence-corrected chi connectivity index (χ0v) is 39.9. The maximum Gasteiger partial charge on any atom is 0.309 e. The minimum absolute atomic E-state index is 0.00492. The molecular weight excluding hydrogens is 823 g/mol. The Morgan fingerprint density at radius 1 is 0.712 bits per heavy atom. The molecule has 2 N–H and O–H groups in total. The van der Waals surface area contributed by atoms with E-state index in [1.54, 1.807) is 6.08 Å². The van der Waals surface area contributed by atoms with Gasteiger partial charge in [-0.25, -0.2) is 0 Å². The SMILES string of the molecule is CCCCCCCCCCC1(CCCCCCCCC)\C(=C/C=C(C#N)/C=C/C2=[N+](CCC(=O)O)c3ccccc3C2(CC(=O)OC)Cc2ccccc2)N(CCC(=O)O)c2ccccc21. The number of unbranched alkanes of at least 4 members (excludes halogenated alkanes) is 13. The number of benzene rings is 3. The minimum Gasteiger partial charge on any atom is -0.481 e. The smallest absolute Gasteiger partial charge is 0.309 e. The zero-order valence-electron chi connectivity index (χ0n) is 39.9. The van der Waals surface area contributed by atoms with Crippen LogP contribution in [0.25, 0.3) is 0 Å². The summed E-state index contributed by atoms with van der Waals surface area (Å²) in [5.41, 5.74) is 5.82. The number of carbonyl (C=O) groups excluding carboxylic acids is 1. The molecule has 0 bridgehead atoms. The molecule has 2 atom stereocenters. The Morgan fingerprint density at radius 3 is 1.86 bits per heavy atom. The van der Waals surface area contributed by atoms with Gasteiger partial charge in [-0.1, -0.05) is 177 Å². The zero-order chi connectivity index (χ0) is 47.2. The average Bonchev–Trinajstić information content (AvgIpc) is 3.72. The summed E-state index contributed by atoms with van der Waals surface area (Å²) in [6.07, 6.45) is 27.7.